The molecule has 0 saturated heterocycles. The zero-order chi connectivity index (χ0) is 16.4. The summed E-state index contributed by atoms with van der Waals surface area (Å²) < 4.78 is 1.87. The zero-order valence-electron chi connectivity index (χ0n) is 13.5. The molecule has 1 atom stereocenters. The van der Waals surface area contributed by atoms with Gasteiger partial charge in [-0.15, -0.1) is 0 Å². The highest BCUT2D eigenvalue weighted by Gasteiger charge is 2.21. The number of aromatic nitrogens is 5. The van der Waals surface area contributed by atoms with Crippen molar-refractivity contribution >= 4 is 11.0 Å². The summed E-state index contributed by atoms with van der Waals surface area (Å²) in [7, 11) is 0. The van der Waals surface area contributed by atoms with E-state index in [1.807, 2.05) is 10.9 Å². The Balaban J connectivity index is 1.96. The van der Waals surface area contributed by atoms with E-state index >= 15 is 0 Å². The molecule has 0 spiro atoms. The van der Waals surface area contributed by atoms with Crippen molar-refractivity contribution in [1.29, 1.82) is 5.26 Å². The van der Waals surface area contributed by atoms with Crippen molar-refractivity contribution < 1.29 is 0 Å². The Hall–Kier alpha value is -2.86. The van der Waals surface area contributed by atoms with E-state index in [9.17, 15) is 0 Å². The van der Waals surface area contributed by atoms with E-state index in [4.69, 9.17) is 5.26 Å². The number of hydrogen-bond donors (Lipinski definition) is 1. The van der Waals surface area contributed by atoms with Crippen LogP contribution in [0.5, 0.6) is 0 Å². The molecular weight excluding hydrogens is 288 g/mol. The first-order valence-electron chi connectivity index (χ1n) is 7.51. The van der Waals surface area contributed by atoms with Crippen LogP contribution in [0.4, 0.5) is 0 Å². The first-order chi connectivity index (χ1) is 11.0. The third-order valence-electron chi connectivity index (χ3n) is 3.64. The minimum atomic E-state index is 0.0489. The summed E-state index contributed by atoms with van der Waals surface area (Å²) in [4.78, 5) is 11.4. The maximum atomic E-state index is 9.11. The van der Waals surface area contributed by atoms with Crippen LogP contribution >= 0.6 is 0 Å². The van der Waals surface area contributed by atoms with E-state index in [0.717, 1.165) is 23.1 Å². The summed E-state index contributed by atoms with van der Waals surface area (Å²) in [5, 5.41) is 14.4. The lowest BCUT2D eigenvalue weighted by Crippen LogP contribution is -2.17. The standard InChI is InChI=1S/C17H18N6/c1-17(2,3)8-13(4-6-18)23-10-12(9-22-23)15-14-5-7-19-16(14)21-11-20-15/h9-11,13H,4,8H2,1-3H3,(H,19,20,21). The molecule has 23 heavy (non-hydrogen) atoms. The number of nitriles is 1. The molecular formula is C17H18N6. The fourth-order valence-electron chi connectivity index (χ4n) is 2.70. The van der Waals surface area contributed by atoms with Gasteiger partial charge in [-0.1, -0.05) is 20.8 Å². The number of rotatable bonds is 4. The molecule has 3 aromatic heterocycles. The highest BCUT2D eigenvalue weighted by Crippen LogP contribution is 2.31. The largest absolute Gasteiger partial charge is 0.298 e. The second-order valence-corrected chi connectivity index (χ2v) is 6.81. The van der Waals surface area contributed by atoms with Gasteiger partial charge in [-0.25, -0.2) is 9.97 Å². The monoisotopic (exact) mass is 306 g/mol. The molecule has 0 aliphatic rings. The molecule has 3 heterocycles. The van der Waals surface area contributed by atoms with Crippen LogP contribution in [0.1, 0.15) is 39.7 Å². The summed E-state index contributed by atoms with van der Waals surface area (Å²) in [5.41, 5.74) is 2.48. The van der Waals surface area contributed by atoms with E-state index in [1.165, 1.54) is 6.33 Å². The van der Waals surface area contributed by atoms with Crippen LogP contribution in [-0.4, -0.2) is 24.7 Å². The number of H-pyrrole nitrogens is 1. The van der Waals surface area contributed by atoms with Crippen LogP contribution < -0.4 is 0 Å². The molecule has 0 bridgehead atoms. The summed E-state index contributed by atoms with van der Waals surface area (Å²) in [5.74, 6) is 0. The minimum absolute atomic E-state index is 0.0489. The lowest BCUT2D eigenvalue weighted by atomic mass is 9.87. The van der Waals surface area contributed by atoms with Crippen LogP contribution in [-0.2, 0) is 0 Å². The molecule has 0 radical (unpaired) electrons. The van der Waals surface area contributed by atoms with Gasteiger partial charge in [0.2, 0.25) is 0 Å². The maximum absolute atomic E-state index is 9.11. The number of hydrogen-bond acceptors (Lipinski definition) is 4. The van der Waals surface area contributed by atoms with Crippen molar-refractivity contribution in [3.8, 4) is 17.3 Å². The van der Waals surface area contributed by atoms with E-state index in [-0.39, 0.29) is 11.5 Å². The van der Waals surface area contributed by atoms with Crippen molar-refractivity contribution in [2.24, 2.45) is 5.41 Å². The first kappa shape index (κ1) is 15.1. The fraction of sp³-hybridized carbons (Fsp3) is 0.412. The van der Waals surface area contributed by atoms with E-state index in [2.05, 4.69) is 59.2 Å². The third kappa shape index (κ3) is 3.17. The predicted octanol–water partition coefficient (Wildman–Crippen LogP) is 3.31. The number of fused-ring (bicyclic) bond motifs is 1. The third-order valence-corrected chi connectivity index (χ3v) is 3.64. The van der Waals surface area contributed by atoms with Gasteiger partial charge in [0.25, 0.3) is 0 Å². The molecule has 0 saturated carbocycles. The fourth-order valence-corrected chi connectivity index (χ4v) is 2.70. The van der Waals surface area contributed by atoms with Crippen LogP contribution in [0, 0.1) is 29.0 Å². The molecule has 3 aromatic rings. The Morgan fingerprint density at radius 3 is 2.96 bits per heavy atom. The summed E-state index contributed by atoms with van der Waals surface area (Å²) in [6.07, 6.45) is 9.34. The van der Waals surface area contributed by atoms with E-state index < -0.39 is 0 Å². The lowest BCUT2D eigenvalue weighted by molar-refractivity contribution is 0.281. The van der Waals surface area contributed by atoms with Gasteiger partial charge in [0.15, 0.2) is 5.65 Å². The lowest BCUT2D eigenvalue weighted by Gasteiger charge is -2.24. The van der Waals surface area contributed by atoms with Crippen LogP contribution in [0.25, 0.3) is 22.3 Å². The van der Waals surface area contributed by atoms with Gasteiger partial charge in [0.1, 0.15) is 6.33 Å². The molecule has 3 rings (SSSR count). The Morgan fingerprint density at radius 2 is 2.22 bits per heavy atom. The minimum Gasteiger partial charge on any atom is -0.298 e. The Labute approximate surface area is 135 Å². The summed E-state index contributed by atoms with van der Waals surface area (Å²) >= 11 is 0. The Kier molecular flexibility index (Phi) is 3.75. The predicted molar refractivity (Wildman–Crippen MR) is 86.1 cm³/mol. The van der Waals surface area contributed by atoms with Crippen LogP contribution in [0.2, 0.25) is 0 Å². The second kappa shape index (κ2) is 5.73. The van der Waals surface area contributed by atoms with Gasteiger partial charge in [-0.3, -0.25) is 9.67 Å². The first-order valence-corrected chi connectivity index (χ1v) is 7.51. The highest BCUT2D eigenvalue weighted by atomic mass is 15.3. The number of nitrogens with one attached hydrogen (secondary N) is 1. The van der Waals surface area contributed by atoms with Gasteiger partial charge in [0, 0.05) is 18.0 Å². The molecule has 0 amide bonds. The van der Waals surface area contributed by atoms with E-state index in [1.54, 1.807) is 6.20 Å². The summed E-state index contributed by atoms with van der Waals surface area (Å²) in [6.45, 7) is 6.50. The van der Waals surface area contributed by atoms with Gasteiger partial charge in [-0.2, -0.15) is 10.4 Å². The van der Waals surface area contributed by atoms with Crippen molar-refractivity contribution in [2.75, 3.05) is 0 Å². The molecule has 0 aromatic carbocycles. The van der Waals surface area contributed by atoms with Crippen LogP contribution in [0.15, 0.2) is 18.7 Å². The Morgan fingerprint density at radius 1 is 1.39 bits per heavy atom. The number of nitrogens with zero attached hydrogens (tertiary/aromatic N) is 5. The molecule has 0 aliphatic heterocycles. The average Bonchev–Trinajstić information content (AvgIpc) is 3.14. The smallest absolute Gasteiger partial charge is 0.157 e. The maximum Gasteiger partial charge on any atom is 0.157 e. The van der Waals surface area contributed by atoms with Crippen molar-refractivity contribution in [2.45, 2.75) is 39.7 Å². The molecule has 6 nitrogen and oxygen atoms in total. The molecule has 6 heteroatoms. The normalized spacial score (nSPS) is 12.8. The van der Waals surface area contributed by atoms with Crippen molar-refractivity contribution in [3.63, 3.8) is 0 Å². The van der Waals surface area contributed by atoms with Gasteiger partial charge in [-0.05, 0) is 17.9 Å². The highest BCUT2D eigenvalue weighted by molar-refractivity contribution is 5.88. The van der Waals surface area contributed by atoms with E-state index in [0.29, 0.717) is 12.1 Å². The topological polar surface area (TPSA) is 83.2 Å². The number of aromatic amines is 1. The average molecular weight is 306 g/mol. The van der Waals surface area contributed by atoms with Crippen molar-refractivity contribution in [1.82, 2.24) is 24.7 Å². The van der Waals surface area contributed by atoms with Gasteiger partial charge >= 0.3 is 0 Å². The molecule has 1 N–H and O–H groups in total. The van der Waals surface area contributed by atoms with Gasteiger partial charge in [0.05, 0.1) is 35.8 Å². The SMILES string of the molecule is CC(C)(C)CC(CC#N)n1cc(-c2ncnc3[nH]c#cc23)cn1. The quantitative estimate of drug-likeness (QED) is 0.801. The molecule has 0 fully saturated rings. The Bertz CT molecular complexity index is 846. The molecule has 1 unspecified atom stereocenters. The molecule has 116 valence electrons. The van der Waals surface area contributed by atoms with Crippen LogP contribution in [0.3, 0.4) is 0 Å². The second-order valence-electron chi connectivity index (χ2n) is 6.81. The summed E-state index contributed by atoms with van der Waals surface area (Å²) in [6, 6.07) is 5.30. The zero-order valence-corrected chi connectivity index (χ0v) is 13.5. The van der Waals surface area contributed by atoms with Crippen molar-refractivity contribution in [3.05, 3.63) is 31.0 Å². The molecule has 0 aliphatic carbocycles. The van der Waals surface area contributed by atoms with Gasteiger partial charge < -0.3 is 0 Å².